The lowest BCUT2D eigenvalue weighted by atomic mass is 9.96. The molecule has 2 aromatic carbocycles. The molecule has 0 spiro atoms. The Labute approximate surface area is 119 Å². The van der Waals surface area contributed by atoms with Gasteiger partial charge in [-0.15, -0.1) is 0 Å². The van der Waals surface area contributed by atoms with Gasteiger partial charge < -0.3 is 15.2 Å². The van der Waals surface area contributed by atoms with Crippen LogP contribution in [0.2, 0.25) is 0 Å². The molecule has 0 fully saturated rings. The van der Waals surface area contributed by atoms with Crippen molar-refractivity contribution in [1.29, 1.82) is 0 Å². The van der Waals surface area contributed by atoms with Gasteiger partial charge in [-0.2, -0.15) is 0 Å². The van der Waals surface area contributed by atoms with Gasteiger partial charge in [0.15, 0.2) is 11.5 Å². The molecule has 0 aliphatic carbocycles. The zero-order valence-corrected chi connectivity index (χ0v) is 11.6. The summed E-state index contributed by atoms with van der Waals surface area (Å²) in [6.45, 7) is 3.15. The van der Waals surface area contributed by atoms with Crippen LogP contribution in [0.1, 0.15) is 29.5 Å². The molecule has 0 amide bonds. The monoisotopic (exact) mass is 269 g/mol. The quantitative estimate of drug-likeness (QED) is 0.927. The first-order valence-corrected chi connectivity index (χ1v) is 6.93. The predicted molar refractivity (Wildman–Crippen MR) is 79.3 cm³/mol. The molecule has 2 N–H and O–H groups in total. The second-order valence-electron chi connectivity index (χ2n) is 5.25. The van der Waals surface area contributed by atoms with Gasteiger partial charge in [0.1, 0.15) is 0 Å². The van der Waals surface area contributed by atoms with E-state index in [0.29, 0.717) is 19.3 Å². The van der Waals surface area contributed by atoms with Crippen molar-refractivity contribution in [1.82, 2.24) is 0 Å². The van der Waals surface area contributed by atoms with Gasteiger partial charge in [-0.3, -0.25) is 0 Å². The SMILES string of the molecule is CC(CN)c1cccc(Cc2ccc3c(c2)OCO3)c1. The maximum atomic E-state index is 5.74. The van der Waals surface area contributed by atoms with Crippen molar-refractivity contribution in [2.24, 2.45) is 5.73 Å². The third kappa shape index (κ3) is 2.63. The van der Waals surface area contributed by atoms with Crippen LogP contribution in [0.4, 0.5) is 0 Å². The molecule has 0 aromatic heterocycles. The molecule has 1 atom stereocenters. The minimum Gasteiger partial charge on any atom is -0.454 e. The van der Waals surface area contributed by atoms with Crippen molar-refractivity contribution in [2.75, 3.05) is 13.3 Å². The highest BCUT2D eigenvalue weighted by molar-refractivity contribution is 5.45. The molecule has 1 aliphatic heterocycles. The molecular formula is C17H19NO2. The first kappa shape index (κ1) is 13.0. The van der Waals surface area contributed by atoms with E-state index >= 15 is 0 Å². The van der Waals surface area contributed by atoms with Gasteiger partial charge in [0.05, 0.1) is 0 Å². The van der Waals surface area contributed by atoms with Gasteiger partial charge in [0.25, 0.3) is 0 Å². The van der Waals surface area contributed by atoms with E-state index in [9.17, 15) is 0 Å². The second-order valence-corrected chi connectivity index (χ2v) is 5.25. The van der Waals surface area contributed by atoms with Crippen LogP contribution in [0.25, 0.3) is 0 Å². The molecule has 3 heteroatoms. The molecule has 0 bridgehead atoms. The number of benzene rings is 2. The van der Waals surface area contributed by atoms with E-state index in [1.807, 2.05) is 6.07 Å². The van der Waals surface area contributed by atoms with Gasteiger partial charge in [-0.25, -0.2) is 0 Å². The first-order chi connectivity index (χ1) is 9.76. The summed E-state index contributed by atoms with van der Waals surface area (Å²) in [5.41, 5.74) is 9.56. The lowest BCUT2D eigenvalue weighted by Gasteiger charge is -2.11. The Morgan fingerprint density at radius 2 is 1.85 bits per heavy atom. The van der Waals surface area contributed by atoms with Crippen LogP contribution in [0.5, 0.6) is 11.5 Å². The second kappa shape index (κ2) is 5.55. The van der Waals surface area contributed by atoms with Gasteiger partial charge in [-0.05, 0) is 47.7 Å². The standard InChI is InChI=1S/C17H19NO2/c1-12(10-18)15-4-2-3-13(8-15)7-14-5-6-16-17(9-14)20-11-19-16/h2-6,8-9,12H,7,10-11,18H2,1H3. The third-order valence-electron chi connectivity index (χ3n) is 3.72. The summed E-state index contributed by atoms with van der Waals surface area (Å²) in [4.78, 5) is 0. The number of rotatable bonds is 4. The lowest BCUT2D eigenvalue weighted by molar-refractivity contribution is 0.174. The highest BCUT2D eigenvalue weighted by Crippen LogP contribution is 2.33. The highest BCUT2D eigenvalue weighted by atomic mass is 16.7. The average molecular weight is 269 g/mol. The van der Waals surface area contributed by atoms with Gasteiger partial charge in [-0.1, -0.05) is 37.3 Å². The fourth-order valence-electron chi connectivity index (χ4n) is 2.43. The van der Waals surface area contributed by atoms with E-state index in [4.69, 9.17) is 15.2 Å². The fourth-order valence-corrected chi connectivity index (χ4v) is 2.43. The molecule has 20 heavy (non-hydrogen) atoms. The minimum atomic E-state index is 0.322. The molecule has 0 saturated heterocycles. The maximum Gasteiger partial charge on any atom is 0.231 e. The van der Waals surface area contributed by atoms with Crippen LogP contribution < -0.4 is 15.2 Å². The third-order valence-corrected chi connectivity index (χ3v) is 3.72. The number of hydrogen-bond donors (Lipinski definition) is 1. The van der Waals surface area contributed by atoms with E-state index in [2.05, 4.69) is 43.3 Å². The first-order valence-electron chi connectivity index (χ1n) is 6.93. The van der Waals surface area contributed by atoms with E-state index < -0.39 is 0 Å². The van der Waals surface area contributed by atoms with Crippen LogP contribution in [-0.2, 0) is 6.42 Å². The van der Waals surface area contributed by atoms with E-state index in [1.165, 1.54) is 16.7 Å². The molecule has 1 unspecified atom stereocenters. The van der Waals surface area contributed by atoms with Crippen LogP contribution in [0.3, 0.4) is 0 Å². The minimum absolute atomic E-state index is 0.322. The van der Waals surface area contributed by atoms with Crippen molar-refractivity contribution >= 4 is 0 Å². The number of hydrogen-bond acceptors (Lipinski definition) is 3. The van der Waals surface area contributed by atoms with E-state index in [1.54, 1.807) is 0 Å². The van der Waals surface area contributed by atoms with Gasteiger partial charge >= 0.3 is 0 Å². The average Bonchev–Trinajstić information content (AvgIpc) is 2.94. The topological polar surface area (TPSA) is 44.5 Å². The Bertz CT molecular complexity index is 610. The van der Waals surface area contributed by atoms with Crippen molar-refractivity contribution in [3.05, 3.63) is 59.2 Å². The van der Waals surface area contributed by atoms with Crippen molar-refractivity contribution < 1.29 is 9.47 Å². The molecule has 2 aromatic rings. The Morgan fingerprint density at radius 3 is 2.70 bits per heavy atom. The normalized spacial score (nSPS) is 14.3. The van der Waals surface area contributed by atoms with Crippen molar-refractivity contribution in [3.63, 3.8) is 0 Å². The lowest BCUT2D eigenvalue weighted by Crippen LogP contribution is -2.09. The zero-order chi connectivity index (χ0) is 13.9. The molecule has 3 nitrogen and oxygen atoms in total. The molecule has 0 saturated carbocycles. The molecular weight excluding hydrogens is 250 g/mol. The van der Waals surface area contributed by atoms with Gasteiger partial charge in [0.2, 0.25) is 6.79 Å². The van der Waals surface area contributed by atoms with Crippen molar-refractivity contribution in [3.8, 4) is 11.5 Å². The summed E-state index contributed by atoms with van der Waals surface area (Å²) in [6.07, 6.45) is 0.891. The smallest absolute Gasteiger partial charge is 0.231 e. The number of nitrogens with two attached hydrogens (primary N) is 1. The maximum absolute atomic E-state index is 5.74. The van der Waals surface area contributed by atoms with Crippen LogP contribution in [-0.4, -0.2) is 13.3 Å². The fraction of sp³-hybridized carbons (Fsp3) is 0.294. The summed E-state index contributed by atoms with van der Waals surface area (Å²) in [6, 6.07) is 14.8. The molecule has 1 heterocycles. The summed E-state index contributed by atoms with van der Waals surface area (Å²) in [5, 5.41) is 0. The zero-order valence-electron chi connectivity index (χ0n) is 11.6. The Kier molecular flexibility index (Phi) is 3.61. The van der Waals surface area contributed by atoms with E-state index in [0.717, 1.165) is 17.9 Å². The summed E-state index contributed by atoms with van der Waals surface area (Å²) >= 11 is 0. The van der Waals surface area contributed by atoms with Crippen LogP contribution >= 0.6 is 0 Å². The summed E-state index contributed by atoms with van der Waals surface area (Å²) in [5.74, 6) is 2.07. The Morgan fingerprint density at radius 1 is 1.05 bits per heavy atom. The van der Waals surface area contributed by atoms with E-state index in [-0.39, 0.29) is 0 Å². The van der Waals surface area contributed by atoms with Crippen LogP contribution in [0, 0.1) is 0 Å². The van der Waals surface area contributed by atoms with Gasteiger partial charge in [0, 0.05) is 0 Å². The number of ether oxygens (including phenoxy) is 2. The molecule has 0 radical (unpaired) electrons. The number of fused-ring (bicyclic) bond motifs is 1. The highest BCUT2D eigenvalue weighted by Gasteiger charge is 2.13. The molecule has 1 aliphatic rings. The Hall–Kier alpha value is -2.00. The Balaban J connectivity index is 1.81. The van der Waals surface area contributed by atoms with Crippen molar-refractivity contribution in [2.45, 2.75) is 19.3 Å². The summed E-state index contributed by atoms with van der Waals surface area (Å²) < 4.78 is 10.8. The largest absolute Gasteiger partial charge is 0.454 e. The predicted octanol–water partition coefficient (Wildman–Crippen LogP) is 3.07. The molecule has 3 rings (SSSR count). The summed E-state index contributed by atoms with van der Waals surface area (Å²) in [7, 11) is 0. The van der Waals surface area contributed by atoms with Crippen LogP contribution in [0.15, 0.2) is 42.5 Å². The molecule has 104 valence electrons.